The standard InChI is InChI=1S/C10H15F3O/c1-7(2)6-8(14-5)9(3,4)10(11,12)13/h6H,1H2,2-5H3/b8-6-. The molecule has 0 fully saturated rings. The summed E-state index contributed by atoms with van der Waals surface area (Å²) in [5, 5.41) is 0. The molecule has 0 aromatic rings. The number of halogens is 3. The van der Waals surface area contributed by atoms with Crippen LogP contribution in [-0.2, 0) is 4.74 Å². The molecule has 4 heteroatoms. The summed E-state index contributed by atoms with van der Waals surface area (Å²) in [6, 6.07) is 0. The first kappa shape index (κ1) is 13.1. The molecule has 0 spiro atoms. The van der Waals surface area contributed by atoms with Gasteiger partial charge in [-0.15, -0.1) is 0 Å². The lowest BCUT2D eigenvalue weighted by atomic mass is 9.89. The first-order valence-corrected chi connectivity index (χ1v) is 4.11. The second-order valence-electron chi connectivity index (χ2n) is 3.68. The van der Waals surface area contributed by atoms with Crippen LogP contribution in [0.1, 0.15) is 20.8 Å². The molecule has 0 aromatic carbocycles. The molecular formula is C10H15F3O. The predicted octanol–water partition coefficient (Wildman–Crippen LogP) is 3.68. The lowest BCUT2D eigenvalue weighted by Crippen LogP contribution is -2.34. The van der Waals surface area contributed by atoms with Gasteiger partial charge in [0.15, 0.2) is 0 Å². The minimum absolute atomic E-state index is 0.127. The van der Waals surface area contributed by atoms with E-state index in [1.54, 1.807) is 6.92 Å². The molecule has 0 aliphatic carbocycles. The van der Waals surface area contributed by atoms with Crippen molar-refractivity contribution in [3.8, 4) is 0 Å². The molecule has 0 radical (unpaired) electrons. The molecule has 0 unspecified atom stereocenters. The summed E-state index contributed by atoms with van der Waals surface area (Å²) in [7, 11) is 1.22. The molecule has 0 atom stereocenters. The fraction of sp³-hybridized carbons (Fsp3) is 0.600. The third-order valence-electron chi connectivity index (χ3n) is 1.92. The van der Waals surface area contributed by atoms with Crippen LogP contribution in [-0.4, -0.2) is 13.3 Å². The van der Waals surface area contributed by atoms with Crippen molar-refractivity contribution in [1.82, 2.24) is 0 Å². The summed E-state index contributed by atoms with van der Waals surface area (Å²) in [6.07, 6.45) is -3.03. The molecule has 0 rings (SSSR count). The highest BCUT2D eigenvalue weighted by atomic mass is 19.4. The maximum absolute atomic E-state index is 12.6. The first-order valence-electron chi connectivity index (χ1n) is 4.11. The van der Waals surface area contributed by atoms with Crippen molar-refractivity contribution in [2.24, 2.45) is 5.41 Å². The van der Waals surface area contributed by atoms with Crippen molar-refractivity contribution in [3.05, 3.63) is 24.0 Å². The van der Waals surface area contributed by atoms with Gasteiger partial charge in [-0.3, -0.25) is 0 Å². The van der Waals surface area contributed by atoms with E-state index in [2.05, 4.69) is 6.58 Å². The average molecular weight is 208 g/mol. The minimum Gasteiger partial charge on any atom is -0.500 e. The highest BCUT2D eigenvalue weighted by molar-refractivity contribution is 5.20. The lowest BCUT2D eigenvalue weighted by molar-refractivity contribution is -0.207. The van der Waals surface area contributed by atoms with Gasteiger partial charge >= 0.3 is 6.18 Å². The smallest absolute Gasteiger partial charge is 0.400 e. The number of hydrogen-bond acceptors (Lipinski definition) is 1. The Morgan fingerprint density at radius 2 is 1.71 bits per heavy atom. The van der Waals surface area contributed by atoms with Crippen molar-refractivity contribution in [2.75, 3.05) is 7.11 Å². The van der Waals surface area contributed by atoms with Crippen LogP contribution in [0.2, 0.25) is 0 Å². The van der Waals surface area contributed by atoms with Crippen molar-refractivity contribution >= 4 is 0 Å². The van der Waals surface area contributed by atoms with Crippen molar-refractivity contribution < 1.29 is 17.9 Å². The van der Waals surface area contributed by atoms with Gasteiger partial charge in [0, 0.05) is 0 Å². The zero-order valence-electron chi connectivity index (χ0n) is 8.83. The highest BCUT2D eigenvalue weighted by Crippen LogP contribution is 2.43. The zero-order valence-corrected chi connectivity index (χ0v) is 8.83. The van der Waals surface area contributed by atoms with E-state index >= 15 is 0 Å². The molecule has 0 saturated heterocycles. The van der Waals surface area contributed by atoms with E-state index in [0.29, 0.717) is 5.57 Å². The van der Waals surface area contributed by atoms with Crippen LogP contribution >= 0.6 is 0 Å². The van der Waals surface area contributed by atoms with Crippen LogP contribution in [0.3, 0.4) is 0 Å². The van der Waals surface area contributed by atoms with Gasteiger partial charge in [-0.05, 0) is 26.8 Å². The second kappa shape index (κ2) is 4.07. The SMILES string of the molecule is C=C(C)/C=C(\OC)C(C)(C)C(F)(F)F. The Labute approximate surface area is 82.3 Å². The Morgan fingerprint density at radius 3 is 1.93 bits per heavy atom. The van der Waals surface area contributed by atoms with E-state index in [4.69, 9.17) is 4.74 Å². The molecule has 0 aliphatic rings. The van der Waals surface area contributed by atoms with Crippen LogP contribution < -0.4 is 0 Å². The third-order valence-corrected chi connectivity index (χ3v) is 1.92. The maximum Gasteiger partial charge on any atom is 0.400 e. The van der Waals surface area contributed by atoms with Gasteiger partial charge in [0.25, 0.3) is 0 Å². The van der Waals surface area contributed by atoms with Gasteiger partial charge < -0.3 is 4.74 Å². The molecule has 0 aliphatic heterocycles. The van der Waals surface area contributed by atoms with Gasteiger partial charge in [0.2, 0.25) is 0 Å². The second-order valence-corrected chi connectivity index (χ2v) is 3.68. The molecule has 0 aromatic heterocycles. The van der Waals surface area contributed by atoms with Gasteiger partial charge in [-0.2, -0.15) is 13.2 Å². The minimum atomic E-state index is -4.33. The number of ether oxygens (including phenoxy) is 1. The van der Waals surface area contributed by atoms with Crippen LogP contribution in [0, 0.1) is 5.41 Å². The van der Waals surface area contributed by atoms with E-state index in [0.717, 1.165) is 13.8 Å². The quantitative estimate of drug-likeness (QED) is 0.507. The Bertz CT molecular complexity index is 249. The number of allylic oxidation sites excluding steroid dienone is 3. The van der Waals surface area contributed by atoms with E-state index in [-0.39, 0.29) is 5.76 Å². The molecule has 1 nitrogen and oxygen atoms in total. The fourth-order valence-electron chi connectivity index (χ4n) is 0.858. The van der Waals surface area contributed by atoms with Crippen molar-refractivity contribution in [1.29, 1.82) is 0 Å². The average Bonchev–Trinajstić information content (AvgIpc) is 1.97. The maximum atomic E-state index is 12.6. The number of hydrogen-bond donors (Lipinski definition) is 0. The topological polar surface area (TPSA) is 9.23 Å². The summed E-state index contributed by atoms with van der Waals surface area (Å²) < 4.78 is 42.4. The summed E-state index contributed by atoms with van der Waals surface area (Å²) >= 11 is 0. The van der Waals surface area contributed by atoms with Crippen LogP contribution in [0.5, 0.6) is 0 Å². The Hall–Kier alpha value is -0.930. The third kappa shape index (κ3) is 2.79. The van der Waals surface area contributed by atoms with E-state index in [9.17, 15) is 13.2 Å². The summed E-state index contributed by atoms with van der Waals surface area (Å²) in [4.78, 5) is 0. The van der Waals surface area contributed by atoms with Gasteiger partial charge in [0.1, 0.15) is 11.2 Å². The molecule has 0 saturated carbocycles. The van der Waals surface area contributed by atoms with E-state index < -0.39 is 11.6 Å². The van der Waals surface area contributed by atoms with Crippen LogP contribution in [0.15, 0.2) is 24.0 Å². The largest absolute Gasteiger partial charge is 0.500 e. The van der Waals surface area contributed by atoms with Crippen LogP contribution in [0.4, 0.5) is 13.2 Å². The fourth-order valence-corrected chi connectivity index (χ4v) is 0.858. The predicted molar refractivity (Wildman–Crippen MR) is 49.7 cm³/mol. The van der Waals surface area contributed by atoms with Crippen molar-refractivity contribution in [3.63, 3.8) is 0 Å². The number of alkyl halides is 3. The molecular weight excluding hydrogens is 193 g/mol. The molecule has 0 heterocycles. The van der Waals surface area contributed by atoms with Crippen molar-refractivity contribution in [2.45, 2.75) is 26.9 Å². The number of methoxy groups -OCH3 is 1. The first-order chi connectivity index (χ1) is 6.13. The normalized spacial score (nSPS) is 14.1. The molecule has 82 valence electrons. The Kier molecular flexibility index (Phi) is 3.80. The highest BCUT2D eigenvalue weighted by Gasteiger charge is 2.50. The summed E-state index contributed by atoms with van der Waals surface area (Å²) in [5.41, 5.74) is -1.46. The van der Waals surface area contributed by atoms with E-state index in [1.807, 2.05) is 0 Å². The molecule has 0 N–H and O–H groups in total. The van der Waals surface area contributed by atoms with Crippen LogP contribution in [0.25, 0.3) is 0 Å². The molecule has 0 bridgehead atoms. The van der Waals surface area contributed by atoms with Gasteiger partial charge in [0.05, 0.1) is 7.11 Å². The van der Waals surface area contributed by atoms with Gasteiger partial charge in [-0.25, -0.2) is 0 Å². The Balaban J connectivity index is 5.14. The molecule has 14 heavy (non-hydrogen) atoms. The monoisotopic (exact) mass is 208 g/mol. The van der Waals surface area contributed by atoms with Gasteiger partial charge in [-0.1, -0.05) is 12.2 Å². The lowest BCUT2D eigenvalue weighted by Gasteiger charge is -2.29. The summed E-state index contributed by atoms with van der Waals surface area (Å²) in [5.74, 6) is -0.127. The summed E-state index contributed by atoms with van der Waals surface area (Å²) in [6.45, 7) is 7.28. The van der Waals surface area contributed by atoms with E-state index in [1.165, 1.54) is 13.2 Å². The zero-order chi connectivity index (χ0) is 11.6. The molecule has 0 amide bonds. The Morgan fingerprint density at radius 1 is 1.29 bits per heavy atom. The number of rotatable bonds is 3.